The van der Waals surface area contributed by atoms with Crippen molar-refractivity contribution in [2.24, 2.45) is 7.05 Å². The van der Waals surface area contributed by atoms with Crippen LogP contribution >= 0.6 is 0 Å². The van der Waals surface area contributed by atoms with Crippen molar-refractivity contribution in [3.8, 4) is 11.8 Å². The molecule has 0 aliphatic carbocycles. The Morgan fingerprint density at radius 3 is 2.29 bits per heavy atom. The van der Waals surface area contributed by atoms with E-state index < -0.39 is 0 Å². The Bertz CT molecular complexity index is 1190. The van der Waals surface area contributed by atoms with Crippen molar-refractivity contribution in [3.05, 3.63) is 112 Å². The monoisotopic (exact) mass is 415 g/mol. The van der Waals surface area contributed by atoms with Crippen molar-refractivity contribution in [2.45, 2.75) is 19.6 Å². The Hall–Kier alpha value is -3.80. The van der Waals surface area contributed by atoms with E-state index >= 15 is 0 Å². The van der Waals surface area contributed by atoms with Gasteiger partial charge in [0.15, 0.2) is 0 Å². The number of rotatable bonds is 8. The minimum Gasteiger partial charge on any atom is -0.489 e. The van der Waals surface area contributed by atoms with Crippen molar-refractivity contribution in [1.29, 1.82) is 0 Å². The molecule has 0 aliphatic rings. The van der Waals surface area contributed by atoms with Gasteiger partial charge in [-0.25, -0.2) is 14.0 Å². The quantitative estimate of drug-likeness (QED) is 0.439. The summed E-state index contributed by atoms with van der Waals surface area (Å²) in [5.41, 5.74) is 4.33. The molecular formula is C25H25N3O3. The largest absolute Gasteiger partial charge is 0.489 e. The summed E-state index contributed by atoms with van der Waals surface area (Å²) in [4.78, 5) is 12.2. The van der Waals surface area contributed by atoms with Gasteiger partial charge >= 0.3 is 11.7 Å². The summed E-state index contributed by atoms with van der Waals surface area (Å²) in [5, 5.41) is 4.07. The molecule has 158 valence electrons. The van der Waals surface area contributed by atoms with Gasteiger partial charge in [0, 0.05) is 7.05 Å². The average molecular weight is 415 g/mol. The maximum Gasteiger partial charge on any atom is 0.348 e. The molecule has 1 aromatic heterocycles. The molecule has 6 heteroatoms. The molecule has 0 spiro atoms. The predicted octanol–water partition coefficient (Wildman–Crippen LogP) is 3.81. The lowest BCUT2D eigenvalue weighted by molar-refractivity contribution is 0.306. The Labute approximate surface area is 181 Å². The minimum atomic E-state index is -0.201. The van der Waals surface area contributed by atoms with Gasteiger partial charge in [-0.15, -0.1) is 5.10 Å². The van der Waals surface area contributed by atoms with Crippen LogP contribution < -0.4 is 15.2 Å². The van der Waals surface area contributed by atoms with E-state index in [9.17, 15) is 4.79 Å². The number of hydrogen-bond donors (Lipinski definition) is 0. The summed E-state index contributed by atoms with van der Waals surface area (Å²) >= 11 is 0. The summed E-state index contributed by atoms with van der Waals surface area (Å²) in [6.45, 7) is 0.967. The molecule has 0 N–H and O–H groups in total. The van der Waals surface area contributed by atoms with Gasteiger partial charge in [0.2, 0.25) is 0 Å². The van der Waals surface area contributed by atoms with Crippen LogP contribution in [0.3, 0.4) is 0 Å². The topological polar surface area (TPSA) is 58.3 Å². The summed E-state index contributed by atoms with van der Waals surface area (Å²) in [7, 11) is 3.13. The molecule has 0 unspecified atom stereocenters. The normalized spacial score (nSPS) is 10.8. The maximum absolute atomic E-state index is 12.2. The average Bonchev–Trinajstić information content (AvgIpc) is 3.08. The number of ether oxygens (including phenoxy) is 2. The van der Waals surface area contributed by atoms with Crippen LogP contribution in [0.2, 0.25) is 0 Å². The van der Waals surface area contributed by atoms with E-state index in [1.165, 1.54) is 27.5 Å². The van der Waals surface area contributed by atoms with Gasteiger partial charge in [0.25, 0.3) is 0 Å². The Balaban J connectivity index is 1.41. The second kappa shape index (κ2) is 9.34. The van der Waals surface area contributed by atoms with Crippen molar-refractivity contribution in [1.82, 2.24) is 14.3 Å². The van der Waals surface area contributed by atoms with Gasteiger partial charge in [-0.2, -0.15) is 0 Å². The molecule has 0 amide bonds. The van der Waals surface area contributed by atoms with Gasteiger partial charge in [0.1, 0.15) is 12.4 Å². The third-order valence-corrected chi connectivity index (χ3v) is 5.08. The van der Waals surface area contributed by atoms with Crippen molar-refractivity contribution in [2.75, 3.05) is 7.11 Å². The van der Waals surface area contributed by atoms with Crippen molar-refractivity contribution >= 4 is 0 Å². The number of aromatic nitrogens is 3. The smallest absolute Gasteiger partial charge is 0.348 e. The van der Waals surface area contributed by atoms with E-state index in [1.54, 1.807) is 7.05 Å². The maximum atomic E-state index is 12.2. The van der Waals surface area contributed by atoms with E-state index in [4.69, 9.17) is 9.47 Å². The fourth-order valence-electron chi connectivity index (χ4n) is 3.43. The first-order valence-corrected chi connectivity index (χ1v) is 10.1. The lowest BCUT2D eigenvalue weighted by Crippen LogP contribution is -2.23. The first kappa shape index (κ1) is 20.5. The molecule has 4 aromatic rings. The highest BCUT2D eigenvalue weighted by atomic mass is 16.5. The van der Waals surface area contributed by atoms with Crippen LogP contribution in [0.25, 0.3) is 0 Å². The number of nitrogens with zero attached hydrogens (tertiary/aromatic N) is 3. The lowest BCUT2D eigenvalue weighted by atomic mass is 10.0. The van der Waals surface area contributed by atoms with Crippen molar-refractivity contribution < 1.29 is 9.47 Å². The van der Waals surface area contributed by atoms with E-state index in [1.807, 2.05) is 42.5 Å². The summed E-state index contributed by atoms with van der Waals surface area (Å²) in [6.07, 6.45) is 0.805. The van der Waals surface area contributed by atoms with Gasteiger partial charge in [0.05, 0.1) is 13.7 Å². The lowest BCUT2D eigenvalue weighted by Gasteiger charge is -2.09. The zero-order valence-electron chi connectivity index (χ0n) is 17.7. The highest BCUT2D eigenvalue weighted by Crippen LogP contribution is 2.19. The van der Waals surface area contributed by atoms with Gasteiger partial charge in [-0.1, -0.05) is 66.7 Å². The molecule has 0 saturated heterocycles. The zero-order valence-corrected chi connectivity index (χ0v) is 17.7. The highest BCUT2D eigenvalue weighted by Gasteiger charge is 2.11. The second-order valence-electron chi connectivity index (χ2n) is 7.39. The van der Waals surface area contributed by atoms with E-state index in [0.717, 1.165) is 23.3 Å². The number of aryl methyl sites for hydroxylation is 1. The summed E-state index contributed by atoms with van der Waals surface area (Å²) in [6, 6.07) is 26.9. The molecule has 0 saturated carbocycles. The van der Waals surface area contributed by atoms with Crippen LogP contribution in [0.4, 0.5) is 0 Å². The van der Waals surface area contributed by atoms with Gasteiger partial charge in [-0.3, -0.25) is 0 Å². The van der Waals surface area contributed by atoms with Crippen LogP contribution in [0.5, 0.6) is 11.8 Å². The van der Waals surface area contributed by atoms with E-state index in [-0.39, 0.29) is 5.69 Å². The first-order chi connectivity index (χ1) is 15.1. The standard InChI is InChI=1S/C25H25N3O3/c1-27-25(29)28(24(26-27)30-2)17-20-13-11-19(12-14-20)15-22-9-6-10-23(16-22)31-18-21-7-4-3-5-8-21/h3-14,16H,15,17-18H2,1-2H3. The fourth-order valence-corrected chi connectivity index (χ4v) is 3.43. The van der Waals surface area contributed by atoms with E-state index in [0.29, 0.717) is 19.2 Å². The van der Waals surface area contributed by atoms with Crippen LogP contribution in [0, 0.1) is 0 Å². The molecule has 31 heavy (non-hydrogen) atoms. The molecule has 0 radical (unpaired) electrons. The molecule has 0 atom stereocenters. The first-order valence-electron chi connectivity index (χ1n) is 10.1. The van der Waals surface area contributed by atoms with Crippen LogP contribution in [-0.4, -0.2) is 21.5 Å². The zero-order chi connectivity index (χ0) is 21.6. The fraction of sp³-hybridized carbons (Fsp3) is 0.200. The number of hydrogen-bond acceptors (Lipinski definition) is 4. The number of methoxy groups -OCH3 is 1. The minimum absolute atomic E-state index is 0.201. The van der Waals surface area contributed by atoms with Gasteiger partial charge < -0.3 is 9.47 Å². The molecule has 0 bridgehead atoms. The number of benzene rings is 3. The molecule has 1 heterocycles. The summed E-state index contributed by atoms with van der Waals surface area (Å²) in [5.74, 6) is 0.862. The SMILES string of the molecule is COc1nn(C)c(=O)n1Cc1ccc(Cc2cccc(OCc3ccccc3)c2)cc1. The highest BCUT2D eigenvalue weighted by molar-refractivity contribution is 5.34. The van der Waals surface area contributed by atoms with Crippen LogP contribution in [0.1, 0.15) is 22.3 Å². The summed E-state index contributed by atoms with van der Waals surface area (Å²) < 4.78 is 13.9. The van der Waals surface area contributed by atoms with Crippen molar-refractivity contribution in [3.63, 3.8) is 0 Å². The van der Waals surface area contributed by atoms with Crippen LogP contribution in [0.15, 0.2) is 83.7 Å². The van der Waals surface area contributed by atoms with Gasteiger partial charge in [-0.05, 0) is 40.8 Å². The Kier molecular flexibility index (Phi) is 6.17. The predicted molar refractivity (Wildman–Crippen MR) is 120 cm³/mol. The Morgan fingerprint density at radius 1 is 0.839 bits per heavy atom. The molecule has 0 aliphatic heterocycles. The molecule has 6 nitrogen and oxygen atoms in total. The molecule has 4 rings (SSSR count). The Morgan fingerprint density at radius 2 is 1.55 bits per heavy atom. The third kappa shape index (κ3) is 5.04. The molecular weight excluding hydrogens is 390 g/mol. The third-order valence-electron chi connectivity index (χ3n) is 5.08. The second-order valence-corrected chi connectivity index (χ2v) is 7.39. The van der Waals surface area contributed by atoms with Crippen LogP contribution in [-0.2, 0) is 26.6 Å². The van der Waals surface area contributed by atoms with E-state index in [2.05, 4.69) is 41.5 Å². The molecule has 0 fully saturated rings. The molecule has 3 aromatic carbocycles.